The van der Waals surface area contributed by atoms with Crippen LogP contribution < -0.4 is 19.5 Å². The van der Waals surface area contributed by atoms with Gasteiger partial charge in [0, 0.05) is 10.2 Å². The minimum absolute atomic E-state index is 0.277. The van der Waals surface area contributed by atoms with Gasteiger partial charge in [-0.2, -0.15) is 0 Å². The summed E-state index contributed by atoms with van der Waals surface area (Å²) >= 11 is 6.90. The summed E-state index contributed by atoms with van der Waals surface area (Å²) < 4.78 is 23.9. The summed E-state index contributed by atoms with van der Waals surface area (Å²) in [7, 11) is 3.07. The molecule has 34 heavy (non-hydrogen) atoms. The zero-order valence-electron chi connectivity index (χ0n) is 18.6. The summed E-state index contributed by atoms with van der Waals surface area (Å²) in [5.41, 5.74) is 2.46. The van der Waals surface area contributed by atoms with Gasteiger partial charge in [-0.05, 0) is 76.4 Å². The highest BCUT2D eigenvalue weighted by Crippen LogP contribution is 2.40. The minimum atomic E-state index is -1.23. The van der Waals surface area contributed by atoms with E-state index >= 15 is 0 Å². The number of methoxy groups -OCH3 is 2. The number of hydrogen-bond donors (Lipinski definition) is 1. The van der Waals surface area contributed by atoms with Crippen LogP contribution in [0.3, 0.4) is 0 Å². The third kappa shape index (κ3) is 4.90. The Labute approximate surface area is 213 Å². The Morgan fingerprint density at radius 1 is 0.971 bits per heavy atom. The highest BCUT2D eigenvalue weighted by Gasteiger charge is 2.41. The number of amides is 1. The number of rotatable bonds is 5. The fourth-order valence-electron chi connectivity index (χ4n) is 3.57. The number of anilines is 1. The van der Waals surface area contributed by atoms with Crippen molar-refractivity contribution in [2.45, 2.75) is 19.1 Å². The average Bonchev–Trinajstić information content (AvgIpc) is 2.82. The van der Waals surface area contributed by atoms with E-state index < -0.39 is 24.1 Å². The summed E-state index contributed by atoms with van der Waals surface area (Å²) in [6.45, 7) is 1.94. The molecule has 0 saturated heterocycles. The van der Waals surface area contributed by atoms with Crippen LogP contribution in [-0.4, -0.2) is 32.2 Å². The summed E-state index contributed by atoms with van der Waals surface area (Å²) in [5.74, 6) is 1.10. The van der Waals surface area contributed by atoms with Gasteiger partial charge < -0.3 is 18.9 Å². The third-order valence-electron chi connectivity index (χ3n) is 5.40. The van der Waals surface area contributed by atoms with Gasteiger partial charge in [0.15, 0.2) is 6.10 Å². The topological polar surface area (TPSA) is 83.1 Å². The van der Waals surface area contributed by atoms with Gasteiger partial charge in [-0.1, -0.05) is 28.1 Å². The average molecular weight is 591 g/mol. The molecule has 0 fully saturated rings. The first-order valence-electron chi connectivity index (χ1n) is 10.3. The molecule has 9 heteroatoms. The molecule has 1 aliphatic rings. The molecule has 0 saturated carbocycles. The molecule has 0 bridgehead atoms. The molecule has 4 rings (SSSR count). The lowest BCUT2D eigenvalue weighted by Gasteiger charge is -2.32. The summed E-state index contributed by atoms with van der Waals surface area (Å²) in [6, 6.07) is 15.6. The van der Waals surface area contributed by atoms with Gasteiger partial charge in [0.25, 0.3) is 0 Å². The lowest BCUT2D eigenvalue weighted by Crippen LogP contribution is -2.40. The molecule has 7 nitrogen and oxygen atoms in total. The van der Waals surface area contributed by atoms with E-state index in [2.05, 4.69) is 37.2 Å². The maximum atomic E-state index is 13.5. The van der Waals surface area contributed by atoms with E-state index in [1.165, 1.54) is 7.11 Å². The number of hydrogen-bond acceptors (Lipinski definition) is 6. The van der Waals surface area contributed by atoms with Crippen molar-refractivity contribution in [1.29, 1.82) is 0 Å². The van der Waals surface area contributed by atoms with E-state index in [0.29, 0.717) is 33.0 Å². The summed E-state index contributed by atoms with van der Waals surface area (Å²) in [4.78, 5) is 26.3. The number of halogens is 2. The molecule has 0 spiro atoms. The number of aryl methyl sites for hydroxylation is 1. The SMILES string of the molecule is COc1ccc2c(c1)C(=O)[C@H](OC(=O)Nc1ccc(C)c(Br)c1)[C@@H](c1ccc(OC)c(Br)c1)O2. The van der Waals surface area contributed by atoms with Crippen molar-refractivity contribution in [3.05, 3.63) is 80.2 Å². The molecule has 1 N–H and O–H groups in total. The number of nitrogens with one attached hydrogen (secondary N) is 1. The largest absolute Gasteiger partial charge is 0.497 e. The number of fused-ring (bicyclic) bond motifs is 1. The number of carbonyl (C=O) groups is 2. The van der Waals surface area contributed by atoms with Crippen molar-refractivity contribution < 1.29 is 28.5 Å². The highest BCUT2D eigenvalue weighted by molar-refractivity contribution is 9.10. The number of benzene rings is 3. The molecular formula is C25H21Br2NO6. The lowest BCUT2D eigenvalue weighted by molar-refractivity contribution is 0.0132. The Balaban J connectivity index is 1.67. The Bertz CT molecular complexity index is 1260. The Kier molecular flexibility index (Phi) is 7.13. The van der Waals surface area contributed by atoms with E-state index in [-0.39, 0.29) is 5.56 Å². The smallest absolute Gasteiger partial charge is 0.412 e. The predicted molar refractivity (Wildman–Crippen MR) is 134 cm³/mol. The molecule has 3 aromatic rings. The molecule has 176 valence electrons. The van der Waals surface area contributed by atoms with E-state index in [9.17, 15) is 9.59 Å². The molecule has 1 heterocycles. The predicted octanol–water partition coefficient (Wildman–Crippen LogP) is 6.47. The van der Waals surface area contributed by atoms with Crippen molar-refractivity contribution in [2.24, 2.45) is 0 Å². The van der Waals surface area contributed by atoms with Crippen molar-refractivity contribution in [1.82, 2.24) is 0 Å². The fourth-order valence-corrected chi connectivity index (χ4v) is 4.51. The van der Waals surface area contributed by atoms with Crippen LogP contribution in [0.1, 0.15) is 27.6 Å². The van der Waals surface area contributed by atoms with E-state index in [1.54, 1.807) is 55.6 Å². The zero-order valence-corrected chi connectivity index (χ0v) is 21.7. The van der Waals surface area contributed by atoms with Gasteiger partial charge in [-0.3, -0.25) is 10.1 Å². The normalized spacial score (nSPS) is 16.8. The first kappa shape index (κ1) is 24.1. The number of Topliss-reactive ketones (excluding diaryl/α,β-unsaturated/α-hetero) is 1. The molecule has 3 aromatic carbocycles. The maximum Gasteiger partial charge on any atom is 0.412 e. The van der Waals surface area contributed by atoms with Gasteiger partial charge in [0.1, 0.15) is 17.2 Å². The zero-order chi connectivity index (χ0) is 24.4. The maximum absolute atomic E-state index is 13.5. The van der Waals surface area contributed by atoms with Crippen LogP contribution in [0, 0.1) is 6.92 Å². The van der Waals surface area contributed by atoms with Crippen molar-refractivity contribution in [2.75, 3.05) is 19.5 Å². The summed E-state index contributed by atoms with van der Waals surface area (Å²) in [5, 5.41) is 2.67. The second-order valence-electron chi connectivity index (χ2n) is 7.57. The van der Waals surface area contributed by atoms with Gasteiger partial charge in [0.05, 0.1) is 24.3 Å². The molecule has 1 amide bonds. The Hall–Kier alpha value is -3.04. The number of ether oxygens (including phenoxy) is 4. The summed E-state index contributed by atoms with van der Waals surface area (Å²) in [6.07, 6.45) is -2.87. The fraction of sp³-hybridized carbons (Fsp3) is 0.200. The van der Waals surface area contributed by atoms with Crippen LogP contribution in [0.4, 0.5) is 10.5 Å². The van der Waals surface area contributed by atoms with Crippen LogP contribution in [0.5, 0.6) is 17.2 Å². The number of ketones is 1. The van der Waals surface area contributed by atoms with Crippen molar-refractivity contribution in [3.63, 3.8) is 0 Å². The van der Waals surface area contributed by atoms with Crippen molar-refractivity contribution in [3.8, 4) is 17.2 Å². The molecule has 2 atom stereocenters. The minimum Gasteiger partial charge on any atom is -0.497 e. The standard InChI is InChI=1S/C25H21Br2NO6/c1-13-4-6-15(11-18(13)26)28-25(30)34-24-22(29)17-12-16(31-2)7-9-20(17)33-23(24)14-5-8-21(32-3)19(27)10-14/h4-12,23-24H,1-3H3,(H,28,30)/t23-,24+/m1/s1. The van der Waals surface area contributed by atoms with Crippen molar-refractivity contribution >= 4 is 49.4 Å². The molecule has 0 aliphatic carbocycles. The highest BCUT2D eigenvalue weighted by atomic mass is 79.9. The third-order valence-corrected chi connectivity index (χ3v) is 6.87. The van der Waals surface area contributed by atoms with E-state index in [0.717, 1.165) is 10.0 Å². The van der Waals surface area contributed by atoms with E-state index in [4.69, 9.17) is 18.9 Å². The number of carbonyl (C=O) groups excluding carboxylic acids is 2. The van der Waals surface area contributed by atoms with Crippen LogP contribution >= 0.6 is 31.9 Å². The molecular weight excluding hydrogens is 570 g/mol. The quantitative estimate of drug-likeness (QED) is 0.367. The molecule has 1 aliphatic heterocycles. The Morgan fingerprint density at radius 2 is 1.76 bits per heavy atom. The van der Waals surface area contributed by atoms with Crippen LogP contribution in [0.25, 0.3) is 0 Å². The van der Waals surface area contributed by atoms with Gasteiger partial charge >= 0.3 is 6.09 Å². The first-order valence-corrected chi connectivity index (χ1v) is 11.9. The van der Waals surface area contributed by atoms with Gasteiger partial charge in [-0.25, -0.2) is 4.79 Å². The van der Waals surface area contributed by atoms with Gasteiger partial charge in [-0.15, -0.1) is 0 Å². The van der Waals surface area contributed by atoms with Crippen LogP contribution in [0.15, 0.2) is 63.5 Å². The molecule has 0 unspecified atom stereocenters. The lowest BCUT2D eigenvalue weighted by atomic mass is 9.93. The van der Waals surface area contributed by atoms with E-state index in [1.807, 2.05) is 13.0 Å². The van der Waals surface area contributed by atoms with Crippen LogP contribution in [-0.2, 0) is 4.74 Å². The molecule has 0 aromatic heterocycles. The second kappa shape index (κ2) is 10.1. The monoisotopic (exact) mass is 589 g/mol. The molecule has 0 radical (unpaired) electrons. The van der Waals surface area contributed by atoms with Crippen LogP contribution in [0.2, 0.25) is 0 Å². The van der Waals surface area contributed by atoms with Gasteiger partial charge in [0.2, 0.25) is 11.9 Å². The first-order chi connectivity index (χ1) is 16.3. The Morgan fingerprint density at radius 3 is 2.44 bits per heavy atom. The second-order valence-corrected chi connectivity index (χ2v) is 9.28.